The van der Waals surface area contributed by atoms with E-state index in [1.807, 2.05) is 0 Å². The van der Waals surface area contributed by atoms with Crippen molar-refractivity contribution < 1.29 is 9.46 Å². The summed E-state index contributed by atoms with van der Waals surface area (Å²) in [6, 6.07) is 0. The first-order valence-corrected chi connectivity index (χ1v) is 9.75. The third-order valence-corrected chi connectivity index (χ3v) is 4.38. The zero-order valence-electron chi connectivity index (χ0n) is 12.9. The first-order valence-electron chi connectivity index (χ1n) is 8.39. The van der Waals surface area contributed by atoms with Crippen molar-refractivity contribution >= 4 is 8.03 Å². The van der Waals surface area contributed by atoms with Crippen LogP contribution >= 0.6 is 8.03 Å². The van der Waals surface area contributed by atoms with Gasteiger partial charge in [0.05, 0.1) is 0 Å². The molecule has 0 saturated carbocycles. The van der Waals surface area contributed by atoms with E-state index in [0.29, 0.717) is 6.16 Å². The van der Waals surface area contributed by atoms with E-state index in [9.17, 15) is 9.46 Å². The fourth-order valence-corrected chi connectivity index (χ4v) is 2.92. The highest BCUT2D eigenvalue weighted by Gasteiger charge is 1.99. The quantitative estimate of drug-likeness (QED) is 0.292. The van der Waals surface area contributed by atoms with E-state index in [4.69, 9.17) is 0 Å². The van der Waals surface area contributed by atoms with Gasteiger partial charge in [0, 0.05) is 0 Å². The van der Waals surface area contributed by atoms with Crippen molar-refractivity contribution in [3.8, 4) is 0 Å². The fourth-order valence-electron chi connectivity index (χ4n) is 2.44. The van der Waals surface area contributed by atoms with E-state index in [2.05, 4.69) is 6.92 Å². The van der Waals surface area contributed by atoms with Gasteiger partial charge in [0.2, 0.25) is 0 Å². The van der Waals surface area contributed by atoms with E-state index >= 15 is 0 Å². The Morgan fingerprint density at radius 2 is 0.947 bits per heavy atom. The Morgan fingerprint density at radius 3 is 1.26 bits per heavy atom. The monoisotopic (exact) mass is 288 g/mol. The van der Waals surface area contributed by atoms with E-state index in [0.717, 1.165) is 12.8 Å². The van der Waals surface area contributed by atoms with Crippen molar-refractivity contribution in [2.75, 3.05) is 6.16 Å². The molecule has 0 rings (SSSR count). The van der Waals surface area contributed by atoms with Gasteiger partial charge in [-0.3, -0.25) is 0 Å². The second kappa shape index (κ2) is 16.1. The summed E-state index contributed by atoms with van der Waals surface area (Å²) < 4.78 is 10.4. The molecule has 114 valence electrons. The lowest BCUT2D eigenvalue weighted by Gasteiger charge is -2.02. The molecular formula is C16H33O2P. The van der Waals surface area contributed by atoms with Crippen LogP contribution in [0.2, 0.25) is 0 Å². The van der Waals surface area contributed by atoms with Crippen LogP contribution in [0.1, 0.15) is 96.8 Å². The Balaban J connectivity index is 2.93. The maximum atomic E-state index is 10.4. The summed E-state index contributed by atoms with van der Waals surface area (Å²) >= 11 is 0. The SMILES string of the molecule is CCCCCCCCCCCCCCCC[P+](=O)[O-]. The van der Waals surface area contributed by atoms with Crippen LogP contribution in [0.3, 0.4) is 0 Å². The van der Waals surface area contributed by atoms with Crippen LogP contribution in [-0.2, 0) is 4.57 Å². The molecule has 0 bridgehead atoms. The summed E-state index contributed by atoms with van der Waals surface area (Å²) in [5, 5.41) is 0. The van der Waals surface area contributed by atoms with Crippen LogP contribution in [0, 0.1) is 0 Å². The maximum Gasteiger partial charge on any atom is 0.308 e. The van der Waals surface area contributed by atoms with Gasteiger partial charge in [-0.25, -0.2) is 0 Å². The predicted octanol–water partition coefficient (Wildman–Crippen LogP) is 5.57. The standard InChI is InChI=1S/C16H33O2P/c1-2-3-4-5-6-7-8-9-10-11-12-13-14-15-16-19(17)18/h2-16H2,1H3. The zero-order chi connectivity index (χ0) is 14.2. The van der Waals surface area contributed by atoms with Crippen molar-refractivity contribution in [2.24, 2.45) is 0 Å². The number of rotatable bonds is 15. The Hall–Kier alpha value is 0.0600. The molecule has 0 aliphatic carbocycles. The van der Waals surface area contributed by atoms with Crippen LogP contribution in [-0.4, -0.2) is 6.16 Å². The molecular weight excluding hydrogens is 255 g/mol. The van der Waals surface area contributed by atoms with Crippen LogP contribution in [0.25, 0.3) is 0 Å². The number of hydrogen-bond donors (Lipinski definition) is 0. The molecule has 0 saturated heterocycles. The van der Waals surface area contributed by atoms with Crippen molar-refractivity contribution in [3.63, 3.8) is 0 Å². The van der Waals surface area contributed by atoms with Gasteiger partial charge in [-0.05, 0) is 12.8 Å². The highest BCUT2D eigenvalue weighted by atomic mass is 31.1. The topological polar surface area (TPSA) is 40.1 Å². The molecule has 0 radical (unpaired) electrons. The number of unbranched alkanes of at least 4 members (excludes halogenated alkanes) is 13. The fraction of sp³-hybridized carbons (Fsp3) is 1.00. The second-order valence-corrected chi connectivity index (χ2v) is 6.77. The molecule has 1 atom stereocenters. The molecule has 0 aromatic heterocycles. The number of hydrogen-bond acceptors (Lipinski definition) is 2. The first-order chi connectivity index (χ1) is 9.27. The second-order valence-electron chi connectivity index (χ2n) is 5.65. The molecule has 1 unspecified atom stereocenters. The third-order valence-electron chi connectivity index (χ3n) is 3.69. The Kier molecular flexibility index (Phi) is 16.2. The minimum absolute atomic E-state index is 0.382. The van der Waals surface area contributed by atoms with Gasteiger partial charge in [0.1, 0.15) is 6.16 Å². The predicted molar refractivity (Wildman–Crippen MR) is 82.8 cm³/mol. The lowest BCUT2D eigenvalue weighted by atomic mass is 10.0. The van der Waals surface area contributed by atoms with Crippen LogP contribution in [0.4, 0.5) is 0 Å². The molecule has 2 nitrogen and oxygen atoms in total. The third kappa shape index (κ3) is 18.1. The van der Waals surface area contributed by atoms with Crippen molar-refractivity contribution in [1.82, 2.24) is 0 Å². The Bertz CT molecular complexity index is 195. The van der Waals surface area contributed by atoms with Gasteiger partial charge in [0.25, 0.3) is 0 Å². The Morgan fingerprint density at radius 1 is 0.632 bits per heavy atom. The van der Waals surface area contributed by atoms with Crippen LogP contribution < -0.4 is 4.89 Å². The molecule has 0 aromatic carbocycles. The summed E-state index contributed by atoms with van der Waals surface area (Å²) in [7, 11) is -2.14. The normalized spacial score (nSPS) is 11.8. The molecule has 0 aliphatic rings. The molecule has 0 spiro atoms. The van der Waals surface area contributed by atoms with E-state index in [1.165, 1.54) is 77.0 Å². The highest BCUT2D eigenvalue weighted by molar-refractivity contribution is 7.36. The smallest absolute Gasteiger partial charge is 0.308 e. The van der Waals surface area contributed by atoms with Gasteiger partial charge in [0.15, 0.2) is 0 Å². The lowest BCUT2D eigenvalue weighted by molar-refractivity contribution is -0.164. The zero-order valence-corrected chi connectivity index (χ0v) is 13.8. The molecule has 0 aliphatic heterocycles. The summed E-state index contributed by atoms with van der Waals surface area (Å²) in [4.78, 5) is 10.4. The first kappa shape index (κ1) is 19.1. The van der Waals surface area contributed by atoms with Crippen LogP contribution in [0.15, 0.2) is 0 Å². The largest absolute Gasteiger partial charge is 0.596 e. The lowest BCUT2D eigenvalue weighted by Crippen LogP contribution is -1.91. The van der Waals surface area contributed by atoms with E-state index in [-0.39, 0.29) is 0 Å². The molecule has 0 fully saturated rings. The van der Waals surface area contributed by atoms with Crippen molar-refractivity contribution in [1.29, 1.82) is 0 Å². The van der Waals surface area contributed by atoms with Gasteiger partial charge >= 0.3 is 8.03 Å². The average molecular weight is 288 g/mol. The molecule has 0 amide bonds. The molecule has 0 N–H and O–H groups in total. The average Bonchev–Trinajstić information content (AvgIpc) is 2.39. The van der Waals surface area contributed by atoms with Gasteiger partial charge in [-0.2, -0.15) is 0 Å². The summed E-state index contributed by atoms with van der Waals surface area (Å²) in [6.45, 7) is 2.26. The summed E-state index contributed by atoms with van der Waals surface area (Å²) in [5.74, 6) is 0. The molecule has 0 aromatic rings. The minimum Gasteiger partial charge on any atom is -0.596 e. The van der Waals surface area contributed by atoms with E-state index < -0.39 is 8.03 Å². The van der Waals surface area contributed by atoms with Crippen molar-refractivity contribution in [2.45, 2.75) is 96.8 Å². The van der Waals surface area contributed by atoms with Crippen LogP contribution in [0.5, 0.6) is 0 Å². The van der Waals surface area contributed by atoms with Gasteiger partial charge in [-0.1, -0.05) is 88.5 Å². The maximum absolute atomic E-state index is 10.4. The minimum atomic E-state index is -2.14. The highest BCUT2D eigenvalue weighted by Crippen LogP contribution is 2.15. The summed E-state index contributed by atoms with van der Waals surface area (Å²) in [5.41, 5.74) is 0. The molecule has 3 heteroatoms. The van der Waals surface area contributed by atoms with Gasteiger partial charge < -0.3 is 4.89 Å². The molecule has 0 heterocycles. The van der Waals surface area contributed by atoms with Crippen molar-refractivity contribution in [3.05, 3.63) is 0 Å². The van der Waals surface area contributed by atoms with E-state index in [1.54, 1.807) is 0 Å². The van der Waals surface area contributed by atoms with Gasteiger partial charge in [-0.15, -0.1) is 0 Å². The molecule has 19 heavy (non-hydrogen) atoms. The summed E-state index contributed by atoms with van der Waals surface area (Å²) in [6.07, 6.45) is 18.7. The Labute approximate surface area is 121 Å².